The number of thioether (sulfide) groups is 1. The lowest BCUT2D eigenvalue weighted by molar-refractivity contribution is 0.225. The molecule has 25 heavy (non-hydrogen) atoms. The van der Waals surface area contributed by atoms with Crippen molar-refractivity contribution in [1.82, 2.24) is 15.2 Å². The molecule has 3 aromatic rings. The number of thiophene rings is 1. The molecule has 1 aliphatic heterocycles. The first-order valence-electron chi connectivity index (χ1n) is 7.87. The molecule has 0 fully saturated rings. The number of benzene rings is 1. The van der Waals surface area contributed by atoms with E-state index >= 15 is 0 Å². The Bertz CT molecular complexity index is 888. The van der Waals surface area contributed by atoms with E-state index in [4.69, 9.17) is 4.74 Å². The highest BCUT2D eigenvalue weighted by atomic mass is 79.9. The van der Waals surface area contributed by atoms with Gasteiger partial charge in [0.05, 0.1) is 0 Å². The van der Waals surface area contributed by atoms with Crippen LogP contribution >= 0.6 is 39.0 Å². The van der Waals surface area contributed by atoms with Gasteiger partial charge in [0.15, 0.2) is 11.9 Å². The maximum atomic E-state index is 6.20. The molecule has 1 aliphatic rings. The molecular weight excluding hydrogens is 420 g/mol. The van der Waals surface area contributed by atoms with Crippen LogP contribution in [0.4, 0.5) is 5.69 Å². The zero-order chi connectivity index (χ0) is 17.2. The van der Waals surface area contributed by atoms with Crippen molar-refractivity contribution in [3.63, 3.8) is 0 Å². The third-order valence-corrected chi connectivity index (χ3v) is 5.91. The summed E-state index contributed by atoms with van der Waals surface area (Å²) in [5.41, 5.74) is 3.59. The van der Waals surface area contributed by atoms with Gasteiger partial charge in [0.25, 0.3) is 0 Å². The van der Waals surface area contributed by atoms with Crippen molar-refractivity contribution in [1.29, 1.82) is 0 Å². The normalized spacial score (nSPS) is 15.5. The molecule has 0 aliphatic carbocycles. The standard InChI is InChI=1S/C17H15BrN4OS2/c1-2-6-25-17-20-16-14(21-22-17)12-8-11(18)3-4-13(12)19-15(23-16)10-5-7-24-9-10/h3-5,7-9,15,19H,2,6H2,1H3/t15-/m1/s1. The molecule has 8 heteroatoms. The average Bonchev–Trinajstić information content (AvgIpc) is 3.10. The number of hydrogen-bond acceptors (Lipinski definition) is 7. The number of nitrogens with one attached hydrogen (secondary N) is 1. The number of rotatable bonds is 4. The molecule has 0 bridgehead atoms. The summed E-state index contributed by atoms with van der Waals surface area (Å²) >= 11 is 6.76. The van der Waals surface area contributed by atoms with E-state index in [1.165, 1.54) is 0 Å². The summed E-state index contributed by atoms with van der Waals surface area (Å²) in [6.45, 7) is 2.13. The second-order valence-corrected chi connectivity index (χ2v) is 8.24. The summed E-state index contributed by atoms with van der Waals surface area (Å²) in [5.74, 6) is 1.46. The van der Waals surface area contributed by atoms with Crippen molar-refractivity contribution in [3.8, 4) is 17.1 Å². The number of hydrogen-bond donors (Lipinski definition) is 1. The van der Waals surface area contributed by atoms with Crippen LogP contribution in [0.25, 0.3) is 11.3 Å². The minimum absolute atomic E-state index is 0.312. The zero-order valence-corrected chi connectivity index (χ0v) is 16.6. The van der Waals surface area contributed by atoms with Gasteiger partial charge in [-0.2, -0.15) is 16.3 Å². The summed E-state index contributed by atoms with van der Waals surface area (Å²) in [5, 5.41) is 16.9. The highest BCUT2D eigenvalue weighted by molar-refractivity contribution is 9.10. The van der Waals surface area contributed by atoms with E-state index in [0.717, 1.165) is 33.5 Å². The average molecular weight is 435 g/mol. The Kier molecular flexibility index (Phi) is 4.91. The van der Waals surface area contributed by atoms with E-state index in [2.05, 4.69) is 48.7 Å². The van der Waals surface area contributed by atoms with Crippen LogP contribution in [0.3, 0.4) is 0 Å². The summed E-state index contributed by atoms with van der Waals surface area (Å²) in [4.78, 5) is 4.61. The maximum Gasteiger partial charge on any atom is 0.247 e. The van der Waals surface area contributed by atoms with Crippen LogP contribution < -0.4 is 10.1 Å². The lowest BCUT2D eigenvalue weighted by atomic mass is 10.1. The Hall–Kier alpha value is -1.64. The number of fused-ring (bicyclic) bond motifs is 3. The Morgan fingerprint density at radius 2 is 2.24 bits per heavy atom. The minimum Gasteiger partial charge on any atom is -0.448 e. The van der Waals surface area contributed by atoms with Crippen molar-refractivity contribution < 1.29 is 4.74 Å². The predicted molar refractivity (Wildman–Crippen MR) is 105 cm³/mol. The molecule has 0 saturated heterocycles. The summed E-state index contributed by atoms with van der Waals surface area (Å²) < 4.78 is 7.17. The first-order chi connectivity index (χ1) is 12.2. The fourth-order valence-corrected chi connectivity index (χ4v) is 4.17. The molecule has 0 amide bonds. The van der Waals surface area contributed by atoms with E-state index < -0.39 is 0 Å². The Labute approximate surface area is 162 Å². The first kappa shape index (κ1) is 16.8. The highest BCUT2D eigenvalue weighted by Crippen LogP contribution is 2.41. The smallest absolute Gasteiger partial charge is 0.247 e. The Morgan fingerprint density at radius 1 is 1.32 bits per heavy atom. The van der Waals surface area contributed by atoms with E-state index in [9.17, 15) is 0 Å². The van der Waals surface area contributed by atoms with Gasteiger partial charge in [-0.25, -0.2) is 0 Å². The molecule has 3 heterocycles. The topological polar surface area (TPSA) is 59.9 Å². The number of aromatic nitrogens is 3. The molecule has 5 nitrogen and oxygen atoms in total. The monoisotopic (exact) mass is 434 g/mol. The van der Waals surface area contributed by atoms with Crippen LogP contribution in [-0.2, 0) is 0 Å². The molecule has 0 radical (unpaired) electrons. The van der Waals surface area contributed by atoms with Gasteiger partial charge in [-0.3, -0.25) is 0 Å². The fourth-order valence-electron chi connectivity index (χ4n) is 2.50. The fraction of sp³-hybridized carbons (Fsp3) is 0.235. The molecule has 2 aromatic heterocycles. The summed E-state index contributed by atoms with van der Waals surface area (Å²) in [6, 6.07) is 8.06. The largest absolute Gasteiger partial charge is 0.448 e. The van der Waals surface area contributed by atoms with Gasteiger partial charge in [0, 0.05) is 27.0 Å². The van der Waals surface area contributed by atoms with Crippen LogP contribution in [-0.4, -0.2) is 20.9 Å². The van der Waals surface area contributed by atoms with E-state index in [0.29, 0.717) is 16.7 Å². The number of halogens is 1. The Balaban J connectivity index is 1.81. The van der Waals surface area contributed by atoms with Gasteiger partial charge in [0.1, 0.15) is 0 Å². The van der Waals surface area contributed by atoms with E-state index in [1.807, 2.05) is 29.6 Å². The van der Waals surface area contributed by atoms with Crippen molar-refractivity contribution in [2.75, 3.05) is 11.1 Å². The first-order valence-corrected chi connectivity index (χ1v) is 10.6. The van der Waals surface area contributed by atoms with Crippen LogP contribution in [0.1, 0.15) is 25.1 Å². The molecule has 4 rings (SSSR count). The minimum atomic E-state index is -0.312. The van der Waals surface area contributed by atoms with Crippen LogP contribution in [0.15, 0.2) is 44.7 Å². The third-order valence-electron chi connectivity index (χ3n) is 3.67. The third kappa shape index (κ3) is 3.51. The second-order valence-electron chi connectivity index (χ2n) is 5.49. The molecule has 1 atom stereocenters. The van der Waals surface area contributed by atoms with Gasteiger partial charge in [-0.15, -0.1) is 10.2 Å². The summed E-state index contributed by atoms with van der Waals surface area (Å²) in [7, 11) is 0. The van der Waals surface area contributed by atoms with E-state index in [1.54, 1.807) is 23.1 Å². The molecule has 128 valence electrons. The molecule has 0 saturated carbocycles. The van der Waals surface area contributed by atoms with Crippen LogP contribution in [0.5, 0.6) is 5.88 Å². The van der Waals surface area contributed by atoms with Crippen molar-refractivity contribution in [2.24, 2.45) is 0 Å². The quantitative estimate of drug-likeness (QED) is 0.557. The van der Waals surface area contributed by atoms with Crippen molar-refractivity contribution >= 4 is 44.7 Å². The number of anilines is 1. The molecule has 0 spiro atoms. The number of ether oxygens (including phenoxy) is 1. The maximum absolute atomic E-state index is 6.20. The molecule has 0 unspecified atom stereocenters. The van der Waals surface area contributed by atoms with Crippen molar-refractivity contribution in [2.45, 2.75) is 24.7 Å². The van der Waals surface area contributed by atoms with Gasteiger partial charge in [-0.05, 0) is 41.4 Å². The second kappa shape index (κ2) is 7.31. The lowest BCUT2D eigenvalue weighted by Crippen LogP contribution is -2.16. The van der Waals surface area contributed by atoms with Gasteiger partial charge in [0.2, 0.25) is 11.0 Å². The Morgan fingerprint density at radius 3 is 3.04 bits per heavy atom. The molecule has 1 N–H and O–H groups in total. The lowest BCUT2D eigenvalue weighted by Gasteiger charge is -2.17. The van der Waals surface area contributed by atoms with Crippen LogP contribution in [0.2, 0.25) is 0 Å². The van der Waals surface area contributed by atoms with Crippen molar-refractivity contribution in [3.05, 3.63) is 45.1 Å². The number of nitrogens with zero attached hydrogens (tertiary/aromatic N) is 3. The summed E-state index contributed by atoms with van der Waals surface area (Å²) in [6.07, 6.45) is 0.744. The highest BCUT2D eigenvalue weighted by Gasteiger charge is 2.26. The van der Waals surface area contributed by atoms with Gasteiger partial charge >= 0.3 is 0 Å². The molecular formula is C17H15BrN4OS2. The van der Waals surface area contributed by atoms with E-state index in [-0.39, 0.29) is 6.23 Å². The predicted octanol–water partition coefficient (Wildman–Crippen LogP) is 5.37. The zero-order valence-electron chi connectivity index (χ0n) is 13.4. The van der Waals surface area contributed by atoms with Gasteiger partial charge < -0.3 is 10.1 Å². The molecule has 1 aromatic carbocycles. The SMILES string of the molecule is CCCSc1nnc2c(n1)O[C@H](c1ccsc1)Nc1ccc(Br)cc1-2. The van der Waals surface area contributed by atoms with Gasteiger partial charge in [-0.1, -0.05) is 34.6 Å². The van der Waals surface area contributed by atoms with Crippen LogP contribution in [0, 0.1) is 0 Å².